The van der Waals surface area contributed by atoms with Gasteiger partial charge in [0.05, 0.1) is 11.4 Å². The summed E-state index contributed by atoms with van der Waals surface area (Å²) in [6, 6.07) is 15.3. The molecular weight excluding hydrogens is 314 g/mol. The number of nitrogens with two attached hydrogens (primary N) is 1. The number of hydrogen-bond donors (Lipinski definition) is 2. The maximum absolute atomic E-state index is 12.3. The molecule has 1 atom stereocenters. The van der Waals surface area contributed by atoms with E-state index < -0.39 is 0 Å². The van der Waals surface area contributed by atoms with E-state index in [4.69, 9.17) is 10.5 Å². The predicted octanol–water partition coefficient (Wildman–Crippen LogP) is 3.14. The van der Waals surface area contributed by atoms with Gasteiger partial charge in [-0.3, -0.25) is 9.69 Å². The predicted molar refractivity (Wildman–Crippen MR) is 98.9 cm³/mol. The molecule has 25 heavy (non-hydrogen) atoms. The highest BCUT2D eigenvalue weighted by atomic mass is 16.5. The minimum Gasteiger partial charge on any atom is -0.489 e. The Balaban J connectivity index is 1.35. The fraction of sp³-hybridized carbons (Fsp3) is 0.350. The first kappa shape index (κ1) is 16.0. The molecule has 1 saturated heterocycles. The van der Waals surface area contributed by atoms with E-state index in [1.54, 1.807) is 24.3 Å². The average molecular weight is 337 g/mol. The van der Waals surface area contributed by atoms with Crippen LogP contribution in [0.15, 0.2) is 48.5 Å². The molecule has 1 heterocycles. The van der Waals surface area contributed by atoms with E-state index in [2.05, 4.69) is 10.2 Å². The Hall–Kier alpha value is -2.53. The van der Waals surface area contributed by atoms with E-state index in [9.17, 15) is 4.79 Å². The van der Waals surface area contributed by atoms with E-state index in [1.165, 1.54) is 12.8 Å². The van der Waals surface area contributed by atoms with Crippen LogP contribution in [0.1, 0.15) is 29.6 Å². The fourth-order valence-electron chi connectivity index (χ4n) is 3.30. The number of anilines is 2. The van der Waals surface area contributed by atoms with Crippen molar-refractivity contribution in [3.63, 3.8) is 0 Å². The minimum atomic E-state index is -0.176. The normalized spacial score (nSPS) is 20.4. The van der Waals surface area contributed by atoms with Gasteiger partial charge in [-0.1, -0.05) is 12.1 Å². The van der Waals surface area contributed by atoms with Gasteiger partial charge in [0.2, 0.25) is 0 Å². The number of rotatable bonds is 5. The van der Waals surface area contributed by atoms with Gasteiger partial charge in [-0.25, -0.2) is 0 Å². The molecule has 0 aromatic heterocycles. The van der Waals surface area contributed by atoms with Crippen LogP contribution in [0, 0.1) is 0 Å². The number of nitrogens with one attached hydrogen (secondary N) is 1. The van der Waals surface area contributed by atoms with Crippen molar-refractivity contribution in [1.82, 2.24) is 4.90 Å². The number of benzene rings is 2. The maximum atomic E-state index is 12.3. The fourth-order valence-corrected chi connectivity index (χ4v) is 3.30. The molecule has 5 heteroatoms. The highest BCUT2D eigenvalue weighted by Crippen LogP contribution is 2.31. The zero-order chi connectivity index (χ0) is 17.2. The lowest BCUT2D eigenvalue weighted by Crippen LogP contribution is -2.26. The van der Waals surface area contributed by atoms with Crippen LogP contribution in [-0.2, 0) is 0 Å². The summed E-state index contributed by atoms with van der Waals surface area (Å²) in [5.74, 6) is 0.642. The number of nitrogen functional groups attached to an aromatic ring is 1. The third-order valence-corrected chi connectivity index (χ3v) is 4.87. The van der Waals surface area contributed by atoms with E-state index in [1.807, 2.05) is 24.3 Å². The number of amides is 1. The van der Waals surface area contributed by atoms with Crippen LogP contribution in [0.5, 0.6) is 5.75 Å². The number of likely N-dealkylation sites (tertiary alicyclic amines) is 1. The standard InChI is InChI=1S/C20H23N3O2/c21-18-3-1-2-4-19(18)22-20(24)14-5-9-16(10-6-14)25-17-11-12-23(13-17)15-7-8-15/h1-6,9-10,15,17H,7-8,11-13,21H2,(H,22,24). The van der Waals surface area contributed by atoms with Crippen LogP contribution in [0.4, 0.5) is 11.4 Å². The average Bonchev–Trinajstić information content (AvgIpc) is 3.37. The monoisotopic (exact) mass is 337 g/mol. The maximum Gasteiger partial charge on any atom is 0.255 e. The van der Waals surface area contributed by atoms with Crippen molar-refractivity contribution in [2.45, 2.75) is 31.4 Å². The van der Waals surface area contributed by atoms with E-state index >= 15 is 0 Å². The lowest BCUT2D eigenvalue weighted by Gasteiger charge is -2.16. The number of hydrogen-bond acceptors (Lipinski definition) is 4. The Morgan fingerprint density at radius 3 is 2.56 bits per heavy atom. The zero-order valence-corrected chi connectivity index (χ0v) is 14.2. The molecule has 1 aliphatic carbocycles. The van der Waals surface area contributed by atoms with Crippen molar-refractivity contribution in [2.75, 3.05) is 24.1 Å². The molecule has 2 aliphatic rings. The van der Waals surface area contributed by atoms with Crippen molar-refractivity contribution in [1.29, 1.82) is 0 Å². The molecule has 0 radical (unpaired) electrons. The molecule has 3 N–H and O–H groups in total. The van der Waals surface area contributed by atoms with Gasteiger partial charge in [-0.15, -0.1) is 0 Å². The molecule has 2 fully saturated rings. The molecule has 1 saturated carbocycles. The van der Waals surface area contributed by atoms with Gasteiger partial charge in [0.1, 0.15) is 11.9 Å². The van der Waals surface area contributed by atoms with Crippen molar-refractivity contribution in [2.24, 2.45) is 0 Å². The molecule has 5 nitrogen and oxygen atoms in total. The van der Waals surface area contributed by atoms with Crippen LogP contribution in [0.2, 0.25) is 0 Å². The van der Waals surface area contributed by atoms with Crippen LogP contribution in [0.3, 0.4) is 0 Å². The Bertz CT molecular complexity index is 756. The highest BCUT2D eigenvalue weighted by molar-refractivity contribution is 6.05. The lowest BCUT2D eigenvalue weighted by atomic mass is 10.2. The molecule has 0 spiro atoms. The summed E-state index contributed by atoms with van der Waals surface area (Å²) < 4.78 is 6.06. The van der Waals surface area contributed by atoms with Gasteiger partial charge < -0.3 is 15.8 Å². The molecule has 1 amide bonds. The molecule has 2 aromatic rings. The summed E-state index contributed by atoms with van der Waals surface area (Å²) in [7, 11) is 0. The largest absolute Gasteiger partial charge is 0.489 e. The first-order chi connectivity index (χ1) is 12.2. The van der Waals surface area contributed by atoms with Gasteiger partial charge in [0.15, 0.2) is 0 Å². The number of para-hydroxylation sites is 2. The summed E-state index contributed by atoms with van der Waals surface area (Å²) in [5.41, 5.74) is 7.62. The third kappa shape index (κ3) is 3.77. The summed E-state index contributed by atoms with van der Waals surface area (Å²) in [5, 5.41) is 2.83. The second-order valence-corrected chi connectivity index (χ2v) is 6.82. The topological polar surface area (TPSA) is 67.6 Å². The smallest absolute Gasteiger partial charge is 0.255 e. The van der Waals surface area contributed by atoms with Crippen LogP contribution >= 0.6 is 0 Å². The van der Waals surface area contributed by atoms with E-state index in [0.717, 1.165) is 31.3 Å². The Morgan fingerprint density at radius 2 is 1.84 bits per heavy atom. The summed E-state index contributed by atoms with van der Waals surface area (Å²) >= 11 is 0. The van der Waals surface area contributed by atoms with E-state index in [-0.39, 0.29) is 12.0 Å². The number of nitrogens with zero attached hydrogens (tertiary/aromatic N) is 1. The van der Waals surface area contributed by atoms with Crippen LogP contribution < -0.4 is 15.8 Å². The third-order valence-electron chi connectivity index (χ3n) is 4.87. The van der Waals surface area contributed by atoms with Gasteiger partial charge >= 0.3 is 0 Å². The van der Waals surface area contributed by atoms with Crippen molar-refractivity contribution in [3.8, 4) is 5.75 Å². The summed E-state index contributed by atoms with van der Waals surface area (Å²) in [4.78, 5) is 14.9. The Morgan fingerprint density at radius 1 is 1.08 bits per heavy atom. The first-order valence-electron chi connectivity index (χ1n) is 8.85. The molecule has 2 aromatic carbocycles. The van der Waals surface area contributed by atoms with E-state index in [0.29, 0.717) is 16.9 Å². The SMILES string of the molecule is Nc1ccccc1NC(=O)c1ccc(OC2CCN(C3CC3)C2)cc1. The van der Waals surface area contributed by atoms with Gasteiger partial charge in [-0.2, -0.15) is 0 Å². The Kier molecular flexibility index (Phi) is 4.32. The molecule has 130 valence electrons. The van der Waals surface area contributed by atoms with Gasteiger partial charge in [-0.05, 0) is 55.7 Å². The first-order valence-corrected chi connectivity index (χ1v) is 8.85. The van der Waals surface area contributed by atoms with Crippen LogP contribution in [-0.4, -0.2) is 36.0 Å². The quantitative estimate of drug-likeness (QED) is 0.823. The number of carbonyl (C=O) groups is 1. The highest BCUT2D eigenvalue weighted by Gasteiger charge is 2.35. The molecular formula is C20H23N3O2. The summed E-state index contributed by atoms with van der Waals surface area (Å²) in [6.45, 7) is 2.15. The Labute approximate surface area is 147 Å². The van der Waals surface area contributed by atoms with Crippen LogP contribution in [0.25, 0.3) is 0 Å². The second kappa shape index (κ2) is 6.76. The lowest BCUT2D eigenvalue weighted by molar-refractivity contribution is 0.102. The summed E-state index contributed by atoms with van der Waals surface area (Å²) in [6.07, 6.45) is 4.00. The van der Waals surface area contributed by atoms with Gasteiger partial charge in [0, 0.05) is 24.7 Å². The van der Waals surface area contributed by atoms with Crippen molar-refractivity contribution < 1.29 is 9.53 Å². The second-order valence-electron chi connectivity index (χ2n) is 6.82. The molecule has 1 unspecified atom stereocenters. The zero-order valence-electron chi connectivity index (χ0n) is 14.2. The molecule has 4 rings (SSSR count). The molecule has 1 aliphatic heterocycles. The minimum absolute atomic E-state index is 0.176. The number of ether oxygens (including phenoxy) is 1. The van der Waals surface area contributed by atoms with Crippen molar-refractivity contribution in [3.05, 3.63) is 54.1 Å². The number of carbonyl (C=O) groups excluding carboxylic acids is 1. The van der Waals surface area contributed by atoms with Gasteiger partial charge in [0.25, 0.3) is 5.91 Å². The molecule has 0 bridgehead atoms. The van der Waals surface area contributed by atoms with Crippen molar-refractivity contribution >= 4 is 17.3 Å².